The highest BCUT2D eigenvalue weighted by atomic mass is 16.5. The van der Waals surface area contributed by atoms with Crippen molar-refractivity contribution in [3.63, 3.8) is 0 Å². The van der Waals surface area contributed by atoms with Crippen LogP contribution in [-0.4, -0.2) is 67.5 Å². The van der Waals surface area contributed by atoms with Crippen LogP contribution in [0, 0.1) is 5.92 Å². The number of H-pyrrole nitrogens is 1. The zero-order chi connectivity index (χ0) is 31.8. The van der Waals surface area contributed by atoms with E-state index in [0.717, 1.165) is 69.3 Å². The number of likely N-dealkylation sites (tertiary alicyclic amines) is 1. The number of benzene rings is 2. The molecule has 0 saturated carbocycles. The average Bonchev–Trinajstić information content (AvgIpc) is 3.36. The average molecular weight is 615 g/mol. The molecule has 0 aliphatic carbocycles. The highest BCUT2D eigenvalue weighted by Crippen LogP contribution is 2.34. The maximum atomic E-state index is 13.7. The number of aromatic nitrogens is 4. The Kier molecular flexibility index (Phi) is 10.6. The molecule has 0 spiro atoms. The van der Waals surface area contributed by atoms with Gasteiger partial charge in [0.25, 0.3) is 0 Å². The molecular weight excluding hydrogens is 572 g/mol. The Bertz CT molecular complexity index is 1640. The lowest BCUT2D eigenvalue weighted by Gasteiger charge is -2.36. The number of Topliss-reactive ketones (excluding diaryl/α,β-unsaturated/α-hetero) is 1. The number of carboxylic acid groups (broad SMARTS) is 1. The SMILES string of the molecule is CCCCOc1nc(N)c2[nH]c(=O)n(CCCCN3CCC(C(C(=O)Cc4ccc(C(=O)O)cc4)c4ccccc4)CC3)c2n1. The Morgan fingerprint density at radius 2 is 1.73 bits per heavy atom. The van der Waals surface area contributed by atoms with E-state index in [0.29, 0.717) is 24.3 Å². The fourth-order valence-electron chi connectivity index (χ4n) is 6.18. The fraction of sp³-hybridized carbons (Fsp3) is 0.441. The number of carboxylic acids is 1. The van der Waals surface area contributed by atoms with Crippen molar-refractivity contribution < 1.29 is 19.4 Å². The maximum Gasteiger partial charge on any atom is 0.335 e. The van der Waals surface area contributed by atoms with Gasteiger partial charge in [0.15, 0.2) is 11.5 Å². The number of aryl methyl sites for hydroxylation is 1. The molecule has 5 rings (SSSR count). The third-order valence-electron chi connectivity index (χ3n) is 8.65. The number of fused-ring (bicyclic) bond motifs is 1. The summed E-state index contributed by atoms with van der Waals surface area (Å²) in [6.45, 7) is 5.80. The minimum Gasteiger partial charge on any atom is -0.478 e. The highest BCUT2D eigenvalue weighted by molar-refractivity contribution is 5.89. The van der Waals surface area contributed by atoms with Gasteiger partial charge in [0.2, 0.25) is 0 Å². The van der Waals surface area contributed by atoms with Gasteiger partial charge in [-0.1, -0.05) is 55.8 Å². The van der Waals surface area contributed by atoms with E-state index in [-0.39, 0.29) is 47.1 Å². The summed E-state index contributed by atoms with van der Waals surface area (Å²) in [6, 6.07) is 16.8. The van der Waals surface area contributed by atoms with E-state index in [1.807, 2.05) is 30.3 Å². The van der Waals surface area contributed by atoms with Gasteiger partial charge >= 0.3 is 17.7 Å². The molecule has 11 heteroatoms. The van der Waals surface area contributed by atoms with Crippen LogP contribution >= 0.6 is 0 Å². The van der Waals surface area contributed by atoms with Crippen molar-refractivity contribution in [2.45, 2.75) is 64.3 Å². The van der Waals surface area contributed by atoms with Crippen LogP contribution < -0.4 is 16.2 Å². The van der Waals surface area contributed by atoms with E-state index >= 15 is 0 Å². The van der Waals surface area contributed by atoms with Crippen molar-refractivity contribution in [1.29, 1.82) is 0 Å². The second-order valence-corrected chi connectivity index (χ2v) is 11.8. The molecule has 1 unspecified atom stereocenters. The number of nitrogens with one attached hydrogen (secondary N) is 1. The van der Waals surface area contributed by atoms with Gasteiger partial charge in [-0.2, -0.15) is 9.97 Å². The fourth-order valence-corrected chi connectivity index (χ4v) is 6.18. The first-order chi connectivity index (χ1) is 21.8. The molecule has 4 aromatic rings. The topological polar surface area (TPSA) is 156 Å². The standard InChI is InChI=1S/C34H42N6O5/c1-2-3-21-45-33-37-30(35)29-31(38-33)40(34(44)36-29)18-8-7-17-39-19-15-25(16-20-39)28(24-9-5-4-6-10-24)27(41)22-23-11-13-26(14-12-23)32(42)43/h4-6,9-14,25,28H,2-3,7-8,15-22H2,1H3,(H,36,44)(H,42,43)(H2,35,37,38). The Morgan fingerprint density at radius 1 is 1.02 bits per heavy atom. The predicted octanol–water partition coefficient (Wildman–Crippen LogP) is 4.67. The summed E-state index contributed by atoms with van der Waals surface area (Å²) >= 11 is 0. The first-order valence-electron chi connectivity index (χ1n) is 15.8. The second kappa shape index (κ2) is 15.0. The van der Waals surface area contributed by atoms with Crippen LogP contribution in [0.3, 0.4) is 0 Å². The number of hydrogen-bond donors (Lipinski definition) is 3. The van der Waals surface area contributed by atoms with Crippen molar-refractivity contribution in [3.05, 3.63) is 81.8 Å². The zero-order valence-corrected chi connectivity index (χ0v) is 25.8. The molecule has 1 fully saturated rings. The lowest BCUT2D eigenvalue weighted by molar-refractivity contribution is -0.121. The number of imidazole rings is 1. The molecule has 11 nitrogen and oxygen atoms in total. The monoisotopic (exact) mass is 614 g/mol. The molecule has 1 saturated heterocycles. The number of nitrogens with zero attached hydrogens (tertiary/aromatic N) is 4. The van der Waals surface area contributed by atoms with Crippen LogP contribution in [0.5, 0.6) is 6.01 Å². The van der Waals surface area contributed by atoms with Gasteiger partial charge in [-0.25, -0.2) is 9.59 Å². The molecule has 238 valence electrons. The Morgan fingerprint density at radius 3 is 2.42 bits per heavy atom. The Balaban J connectivity index is 1.15. The largest absolute Gasteiger partial charge is 0.478 e. The molecule has 2 aromatic heterocycles. The minimum absolute atomic E-state index is 0.162. The van der Waals surface area contributed by atoms with Gasteiger partial charge in [-0.3, -0.25) is 9.36 Å². The number of nitrogen functional groups attached to an aromatic ring is 1. The highest BCUT2D eigenvalue weighted by Gasteiger charge is 2.32. The van der Waals surface area contributed by atoms with Gasteiger partial charge in [-0.15, -0.1) is 0 Å². The minimum atomic E-state index is -0.977. The lowest BCUT2D eigenvalue weighted by atomic mass is 9.76. The second-order valence-electron chi connectivity index (χ2n) is 11.8. The Hall–Kier alpha value is -4.51. The number of ketones is 1. The summed E-state index contributed by atoms with van der Waals surface area (Å²) in [7, 11) is 0. The van der Waals surface area contributed by atoms with Crippen LogP contribution in [0.15, 0.2) is 59.4 Å². The molecule has 1 aliphatic rings. The van der Waals surface area contributed by atoms with Crippen LogP contribution in [0.2, 0.25) is 0 Å². The number of unbranched alkanes of at least 4 members (excludes halogenated alkanes) is 2. The summed E-state index contributed by atoms with van der Waals surface area (Å²) < 4.78 is 7.24. The molecule has 1 atom stereocenters. The van der Waals surface area contributed by atoms with E-state index < -0.39 is 5.97 Å². The summed E-state index contributed by atoms with van der Waals surface area (Å²) in [5, 5.41) is 9.20. The molecule has 4 N–H and O–H groups in total. The lowest BCUT2D eigenvalue weighted by Crippen LogP contribution is -2.38. The molecule has 2 aromatic carbocycles. The van der Waals surface area contributed by atoms with Gasteiger partial charge in [0, 0.05) is 18.9 Å². The van der Waals surface area contributed by atoms with Crippen molar-refractivity contribution >= 4 is 28.7 Å². The number of carbonyl (C=O) groups is 2. The number of carbonyl (C=O) groups excluding carboxylic acids is 1. The number of piperidine rings is 1. The van der Waals surface area contributed by atoms with E-state index in [4.69, 9.17) is 10.5 Å². The van der Waals surface area contributed by atoms with Crippen molar-refractivity contribution in [3.8, 4) is 6.01 Å². The first-order valence-corrected chi connectivity index (χ1v) is 15.8. The molecule has 45 heavy (non-hydrogen) atoms. The molecular formula is C34H42N6O5. The van der Waals surface area contributed by atoms with Crippen LogP contribution in [-0.2, 0) is 17.8 Å². The van der Waals surface area contributed by atoms with Crippen molar-refractivity contribution in [1.82, 2.24) is 24.4 Å². The van der Waals surface area contributed by atoms with Gasteiger partial charge in [0.1, 0.15) is 11.3 Å². The van der Waals surface area contributed by atoms with Crippen LogP contribution in [0.4, 0.5) is 5.82 Å². The number of anilines is 1. The summed E-state index contributed by atoms with van der Waals surface area (Å²) in [6.07, 6.45) is 5.70. The number of nitrogens with two attached hydrogens (primary N) is 1. The number of hydrogen-bond acceptors (Lipinski definition) is 8. The smallest absolute Gasteiger partial charge is 0.335 e. The van der Waals surface area contributed by atoms with Crippen LogP contribution in [0.25, 0.3) is 11.2 Å². The molecule has 0 radical (unpaired) electrons. The zero-order valence-electron chi connectivity index (χ0n) is 25.8. The third-order valence-corrected chi connectivity index (χ3v) is 8.65. The van der Waals surface area contributed by atoms with E-state index in [1.165, 1.54) is 0 Å². The number of aromatic carboxylic acids is 1. The quantitative estimate of drug-likeness (QED) is 0.162. The molecule has 1 aliphatic heterocycles. The van der Waals surface area contributed by atoms with Crippen molar-refractivity contribution in [2.75, 3.05) is 32.0 Å². The van der Waals surface area contributed by atoms with E-state index in [1.54, 1.807) is 28.8 Å². The number of rotatable bonds is 15. The van der Waals surface area contributed by atoms with Gasteiger partial charge in [-0.05, 0) is 80.9 Å². The number of ether oxygens (including phenoxy) is 1. The summed E-state index contributed by atoms with van der Waals surface area (Å²) in [4.78, 5) is 51.4. The third kappa shape index (κ3) is 7.96. The molecule has 0 bridgehead atoms. The van der Waals surface area contributed by atoms with E-state index in [9.17, 15) is 19.5 Å². The summed E-state index contributed by atoms with van der Waals surface area (Å²) in [5.74, 6) is -0.580. The normalized spacial score (nSPS) is 14.9. The van der Waals surface area contributed by atoms with Gasteiger partial charge in [0.05, 0.1) is 12.2 Å². The molecule has 0 amide bonds. The Labute approximate surface area is 262 Å². The molecule has 3 heterocycles. The number of aromatic amines is 1. The predicted molar refractivity (Wildman–Crippen MR) is 173 cm³/mol. The van der Waals surface area contributed by atoms with Crippen molar-refractivity contribution in [2.24, 2.45) is 5.92 Å². The summed E-state index contributed by atoms with van der Waals surface area (Å²) in [5.41, 5.74) is 8.80. The van der Waals surface area contributed by atoms with Crippen LogP contribution in [0.1, 0.15) is 72.9 Å². The van der Waals surface area contributed by atoms with E-state index in [2.05, 4.69) is 26.8 Å². The van der Waals surface area contributed by atoms with Gasteiger partial charge < -0.3 is 25.5 Å². The maximum absolute atomic E-state index is 13.7. The first kappa shape index (κ1) is 31.9.